The molecule has 6 nitrogen and oxygen atoms in total. The number of amides is 3. The van der Waals surface area contributed by atoms with Crippen molar-refractivity contribution in [2.75, 3.05) is 11.9 Å². The molecule has 0 bridgehead atoms. The van der Waals surface area contributed by atoms with Gasteiger partial charge < -0.3 is 21.1 Å². The molecule has 0 aliphatic heterocycles. The number of rotatable bonds is 6. The summed E-state index contributed by atoms with van der Waals surface area (Å²) >= 11 is 0. The number of anilines is 1. The molecule has 0 radical (unpaired) electrons. The quantitative estimate of drug-likeness (QED) is 0.741. The minimum Gasteiger partial charge on any atom is -0.369 e. The summed E-state index contributed by atoms with van der Waals surface area (Å²) in [6.07, 6.45) is 0.0233. The number of primary amides is 1. The number of nitrogens with two attached hydrogens (primary N) is 1. The predicted octanol–water partition coefficient (Wildman–Crippen LogP) is 1.78. The second kappa shape index (κ2) is 7.49. The summed E-state index contributed by atoms with van der Waals surface area (Å²) in [4.78, 5) is 22.3. The number of carbonyl (C=O) groups excluding carboxylic acids is 2. The lowest BCUT2D eigenvalue weighted by Crippen LogP contribution is -2.31. The molecule has 0 aliphatic carbocycles. The Morgan fingerprint density at radius 3 is 2.30 bits per heavy atom. The molecule has 0 spiro atoms. The fraction of sp³-hybridized carbons (Fsp3) is 0.429. The molecule has 0 saturated heterocycles. The van der Waals surface area contributed by atoms with Crippen LogP contribution in [-0.2, 0) is 9.53 Å². The molecular weight excluding hydrogens is 258 g/mol. The van der Waals surface area contributed by atoms with Crippen LogP contribution < -0.4 is 16.4 Å². The second-order valence-electron chi connectivity index (χ2n) is 4.76. The lowest BCUT2D eigenvalue weighted by molar-refractivity contribution is -0.127. The van der Waals surface area contributed by atoms with Crippen molar-refractivity contribution in [3.8, 4) is 0 Å². The minimum atomic E-state index is -0.607. The van der Waals surface area contributed by atoms with Crippen molar-refractivity contribution in [2.45, 2.75) is 32.9 Å². The molecule has 0 saturated carbocycles. The summed E-state index contributed by atoms with van der Waals surface area (Å²) in [5, 5.41) is 5.31. The number of carbonyl (C=O) groups is 2. The van der Waals surface area contributed by atoms with Gasteiger partial charge in [0, 0.05) is 5.69 Å². The van der Waals surface area contributed by atoms with Crippen molar-refractivity contribution in [1.82, 2.24) is 5.32 Å². The van der Waals surface area contributed by atoms with Gasteiger partial charge in [0.05, 0.1) is 12.1 Å². The fourth-order valence-corrected chi connectivity index (χ4v) is 1.61. The Hall–Kier alpha value is -2.08. The number of urea groups is 1. The third kappa shape index (κ3) is 5.71. The van der Waals surface area contributed by atoms with E-state index >= 15 is 0 Å². The Labute approximate surface area is 118 Å². The van der Waals surface area contributed by atoms with E-state index in [1.165, 1.54) is 0 Å². The zero-order valence-corrected chi connectivity index (χ0v) is 12.0. The summed E-state index contributed by atoms with van der Waals surface area (Å²) in [5.41, 5.74) is 6.57. The third-order valence-electron chi connectivity index (χ3n) is 2.60. The molecule has 0 heterocycles. The van der Waals surface area contributed by atoms with Gasteiger partial charge in [-0.3, -0.25) is 4.79 Å². The smallest absolute Gasteiger partial charge is 0.316 e. The van der Waals surface area contributed by atoms with Gasteiger partial charge >= 0.3 is 6.03 Å². The molecule has 0 aromatic heterocycles. The molecule has 1 unspecified atom stereocenters. The lowest BCUT2D eigenvalue weighted by atomic mass is 10.1. The average Bonchev–Trinajstić information content (AvgIpc) is 2.36. The minimum absolute atomic E-state index is 0.0233. The second-order valence-corrected chi connectivity index (χ2v) is 4.76. The summed E-state index contributed by atoms with van der Waals surface area (Å²) < 4.78 is 5.23. The molecule has 1 aromatic carbocycles. The van der Waals surface area contributed by atoms with Crippen LogP contribution in [0.3, 0.4) is 0 Å². The maximum absolute atomic E-state index is 11.6. The van der Waals surface area contributed by atoms with Crippen LogP contribution in [0.1, 0.15) is 32.4 Å². The zero-order valence-electron chi connectivity index (χ0n) is 12.0. The monoisotopic (exact) mass is 279 g/mol. The van der Waals surface area contributed by atoms with Crippen LogP contribution in [0.5, 0.6) is 0 Å². The van der Waals surface area contributed by atoms with E-state index < -0.39 is 6.03 Å². The Morgan fingerprint density at radius 2 is 1.80 bits per heavy atom. The Kier molecular flexibility index (Phi) is 5.99. The number of hydrogen-bond donors (Lipinski definition) is 3. The van der Waals surface area contributed by atoms with Gasteiger partial charge in [-0.25, -0.2) is 4.79 Å². The van der Waals surface area contributed by atoms with Gasteiger partial charge in [0.25, 0.3) is 0 Å². The van der Waals surface area contributed by atoms with Crippen LogP contribution >= 0.6 is 0 Å². The van der Waals surface area contributed by atoms with Crippen LogP contribution in [0.4, 0.5) is 10.5 Å². The molecule has 0 fully saturated rings. The molecule has 110 valence electrons. The molecular formula is C14H21N3O3. The molecule has 3 amide bonds. The summed E-state index contributed by atoms with van der Waals surface area (Å²) in [5.74, 6) is -0.162. The number of hydrogen-bond acceptors (Lipinski definition) is 3. The SMILES string of the molecule is CC(C)OCC(=O)NC(C)c1ccc(NC(N)=O)cc1. The molecule has 1 rings (SSSR count). The van der Waals surface area contributed by atoms with E-state index in [2.05, 4.69) is 10.6 Å². The topological polar surface area (TPSA) is 93.4 Å². The third-order valence-corrected chi connectivity index (χ3v) is 2.60. The van der Waals surface area contributed by atoms with E-state index in [1.54, 1.807) is 12.1 Å². The van der Waals surface area contributed by atoms with Gasteiger partial charge in [-0.05, 0) is 38.5 Å². The summed E-state index contributed by atoms with van der Waals surface area (Å²) in [6, 6.07) is 6.35. The number of ether oxygens (including phenoxy) is 1. The zero-order chi connectivity index (χ0) is 15.1. The Bertz CT molecular complexity index is 457. The lowest BCUT2D eigenvalue weighted by Gasteiger charge is -2.15. The highest BCUT2D eigenvalue weighted by Gasteiger charge is 2.10. The molecule has 6 heteroatoms. The van der Waals surface area contributed by atoms with Crippen LogP contribution in [-0.4, -0.2) is 24.6 Å². The van der Waals surface area contributed by atoms with E-state index in [9.17, 15) is 9.59 Å². The standard InChI is InChI=1S/C14H21N3O3/c1-9(2)20-8-13(18)16-10(3)11-4-6-12(7-5-11)17-14(15)19/h4-7,9-10H,8H2,1-3H3,(H,16,18)(H3,15,17,19). The first-order valence-corrected chi connectivity index (χ1v) is 6.46. The van der Waals surface area contributed by atoms with Crippen LogP contribution in [0.25, 0.3) is 0 Å². The largest absolute Gasteiger partial charge is 0.369 e. The number of nitrogens with one attached hydrogen (secondary N) is 2. The molecule has 4 N–H and O–H groups in total. The van der Waals surface area contributed by atoms with E-state index in [0.29, 0.717) is 5.69 Å². The van der Waals surface area contributed by atoms with E-state index in [1.807, 2.05) is 32.9 Å². The highest BCUT2D eigenvalue weighted by atomic mass is 16.5. The van der Waals surface area contributed by atoms with E-state index in [-0.39, 0.29) is 24.7 Å². The Balaban J connectivity index is 2.52. The van der Waals surface area contributed by atoms with E-state index in [0.717, 1.165) is 5.56 Å². The van der Waals surface area contributed by atoms with Gasteiger partial charge in [-0.15, -0.1) is 0 Å². The van der Waals surface area contributed by atoms with Gasteiger partial charge in [0.1, 0.15) is 6.61 Å². The summed E-state index contributed by atoms with van der Waals surface area (Å²) in [7, 11) is 0. The first-order valence-electron chi connectivity index (χ1n) is 6.46. The first kappa shape index (κ1) is 16.0. The van der Waals surface area contributed by atoms with Gasteiger partial charge in [0.15, 0.2) is 0 Å². The van der Waals surface area contributed by atoms with Crippen molar-refractivity contribution in [3.63, 3.8) is 0 Å². The normalized spacial score (nSPS) is 12.0. The number of benzene rings is 1. The molecule has 20 heavy (non-hydrogen) atoms. The van der Waals surface area contributed by atoms with Crippen LogP contribution in [0.15, 0.2) is 24.3 Å². The van der Waals surface area contributed by atoms with Gasteiger partial charge in [-0.2, -0.15) is 0 Å². The van der Waals surface area contributed by atoms with Crippen molar-refractivity contribution < 1.29 is 14.3 Å². The first-order chi connectivity index (χ1) is 9.38. The van der Waals surface area contributed by atoms with Crippen molar-refractivity contribution in [2.24, 2.45) is 5.73 Å². The Morgan fingerprint density at radius 1 is 1.20 bits per heavy atom. The summed E-state index contributed by atoms with van der Waals surface area (Å²) in [6.45, 7) is 5.68. The maximum Gasteiger partial charge on any atom is 0.316 e. The molecule has 1 atom stereocenters. The highest BCUT2D eigenvalue weighted by Crippen LogP contribution is 2.15. The maximum atomic E-state index is 11.6. The molecule has 0 aliphatic rings. The predicted molar refractivity (Wildman–Crippen MR) is 77.3 cm³/mol. The van der Waals surface area contributed by atoms with Crippen molar-refractivity contribution in [3.05, 3.63) is 29.8 Å². The van der Waals surface area contributed by atoms with Crippen LogP contribution in [0, 0.1) is 0 Å². The van der Waals surface area contributed by atoms with Crippen molar-refractivity contribution >= 4 is 17.6 Å². The molecule has 1 aromatic rings. The van der Waals surface area contributed by atoms with Crippen LogP contribution in [0.2, 0.25) is 0 Å². The van der Waals surface area contributed by atoms with E-state index in [4.69, 9.17) is 10.5 Å². The van der Waals surface area contributed by atoms with Crippen molar-refractivity contribution in [1.29, 1.82) is 0 Å². The average molecular weight is 279 g/mol. The fourth-order valence-electron chi connectivity index (χ4n) is 1.61. The van der Waals surface area contributed by atoms with Gasteiger partial charge in [-0.1, -0.05) is 12.1 Å². The van der Waals surface area contributed by atoms with Gasteiger partial charge in [0.2, 0.25) is 5.91 Å². The highest BCUT2D eigenvalue weighted by molar-refractivity contribution is 5.87.